The Morgan fingerprint density at radius 1 is 0.791 bits per heavy atom. The molecular weight excluding hydrogens is 588 g/mol. The van der Waals surface area contributed by atoms with Gasteiger partial charge in [-0.05, 0) is 43.7 Å². The number of hydrogen-bond acceptors (Lipinski definition) is 10. The summed E-state index contributed by atoms with van der Waals surface area (Å²) in [6.45, 7) is 0.179. The van der Waals surface area contributed by atoms with Crippen molar-refractivity contribution in [2.24, 2.45) is 5.73 Å². The third-order valence-electron chi connectivity index (χ3n) is 6.21. The number of halogens is 1. The molecule has 0 aliphatic rings. The number of carboxylic acids is 2. The van der Waals surface area contributed by atoms with E-state index in [-0.39, 0.29) is 71.4 Å². The number of fused-ring (bicyclic) bond motifs is 2. The maximum absolute atomic E-state index is 12.7. The monoisotopic (exact) mass is 616 g/mol. The Morgan fingerprint density at radius 3 is 1.72 bits per heavy atom. The van der Waals surface area contributed by atoms with Gasteiger partial charge in [0.1, 0.15) is 46.7 Å². The second-order valence-corrected chi connectivity index (χ2v) is 9.30. The molecule has 0 saturated carbocycles. The Bertz CT molecular complexity index is 1630. The maximum Gasteiger partial charge on any atom is 0.371 e. The Morgan fingerprint density at radius 2 is 1.28 bits per heavy atom. The average Bonchev–Trinajstić information content (AvgIpc) is 2.96. The molecule has 0 unspecified atom stereocenters. The number of carbonyl (C=O) groups is 3. The highest BCUT2D eigenvalue weighted by molar-refractivity contribution is 5.90. The van der Waals surface area contributed by atoms with Crippen molar-refractivity contribution in [1.82, 2.24) is 5.32 Å². The molecule has 0 spiro atoms. The number of amides is 1. The third-order valence-corrected chi connectivity index (χ3v) is 6.21. The first-order chi connectivity index (χ1) is 20.2. The lowest BCUT2D eigenvalue weighted by Crippen LogP contribution is -2.43. The summed E-state index contributed by atoms with van der Waals surface area (Å²) in [5, 5.41) is 21.3. The molecule has 5 N–H and O–H groups in total. The summed E-state index contributed by atoms with van der Waals surface area (Å²) in [7, 11) is 0. The summed E-state index contributed by atoms with van der Waals surface area (Å²) in [6, 6.07) is 9.84. The topological polar surface area (TPSA) is 209 Å². The van der Waals surface area contributed by atoms with Crippen molar-refractivity contribution in [3.63, 3.8) is 0 Å². The van der Waals surface area contributed by atoms with E-state index in [0.29, 0.717) is 13.0 Å². The molecule has 0 atom stereocenters. The highest BCUT2D eigenvalue weighted by Gasteiger charge is 2.20. The van der Waals surface area contributed by atoms with E-state index in [2.05, 4.69) is 5.32 Å². The van der Waals surface area contributed by atoms with Gasteiger partial charge in [0.05, 0.1) is 6.04 Å². The van der Waals surface area contributed by atoms with Crippen LogP contribution in [0.4, 0.5) is 0 Å². The molecule has 4 aromatic rings. The standard InChI is InChI=1S/C29H28N2O11.ClH/c30-11-3-1-2-10-25(34)31-16(14-39-19-6-4-8-21-26(19)17(32)12-23(41-21)28(35)36)15-40-20-7-5-9-22-27(20)18(33)13-24(42-22)29(37)38;/h4-9,12-13,16H,1-3,10-11,14-15,30H2,(H,31,34)(H,35,36)(H,37,38);1H. The van der Waals surface area contributed by atoms with Crippen molar-refractivity contribution < 1.29 is 42.9 Å². The lowest BCUT2D eigenvalue weighted by Gasteiger charge is -2.21. The first-order valence-corrected chi connectivity index (χ1v) is 13.0. The molecule has 14 heteroatoms. The number of aromatic carboxylic acids is 2. The van der Waals surface area contributed by atoms with Crippen LogP contribution in [0.1, 0.15) is 46.8 Å². The van der Waals surface area contributed by atoms with E-state index in [9.17, 15) is 34.2 Å². The van der Waals surface area contributed by atoms with E-state index in [4.69, 9.17) is 24.0 Å². The van der Waals surface area contributed by atoms with Crippen molar-refractivity contribution in [3.8, 4) is 11.5 Å². The van der Waals surface area contributed by atoms with Crippen molar-refractivity contribution in [3.05, 3.63) is 80.5 Å². The van der Waals surface area contributed by atoms with Gasteiger partial charge in [0, 0.05) is 18.6 Å². The molecule has 228 valence electrons. The van der Waals surface area contributed by atoms with Crippen LogP contribution in [-0.4, -0.2) is 53.9 Å². The van der Waals surface area contributed by atoms with Crippen molar-refractivity contribution in [2.45, 2.75) is 31.7 Å². The third kappa shape index (κ3) is 8.11. The van der Waals surface area contributed by atoms with Gasteiger partial charge < -0.3 is 39.6 Å². The van der Waals surface area contributed by atoms with Gasteiger partial charge in [-0.3, -0.25) is 14.4 Å². The zero-order valence-corrected chi connectivity index (χ0v) is 23.5. The number of ether oxygens (including phenoxy) is 2. The molecule has 13 nitrogen and oxygen atoms in total. The number of nitrogens with one attached hydrogen (secondary N) is 1. The Labute approximate surface area is 249 Å². The molecule has 2 heterocycles. The predicted molar refractivity (Wildman–Crippen MR) is 157 cm³/mol. The lowest BCUT2D eigenvalue weighted by atomic mass is 10.1. The summed E-state index contributed by atoms with van der Waals surface area (Å²) in [5.74, 6) is -3.90. The quantitative estimate of drug-likeness (QED) is 0.151. The summed E-state index contributed by atoms with van der Waals surface area (Å²) in [4.78, 5) is 60.6. The highest BCUT2D eigenvalue weighted by atomic mass is 35.5. The minimum atomic E-state index is -1.40. The molecule has 4 rings (SSSR count). The van der Waals surface area contributed by atoms with Gasteiger partial charge in [-0.25, -0.2) is 9.59 Å². The number of rotatable bonds is 14. The van der Waals surface area contributed by atoms with E-state index in [1.54, 1.807) is 0 Å². The Kier molecular flexibility index (Phi) is 11.3. The van der Waals surface area contributed by atoms with Crippen LogP contribution < -0.4 is 31.4 Å². The molecule has 0 bridgehead atoms. The molecule has 43 heavy (non-hydrogen) atoms. The largest absolute Gasteiger partial charge is 0.490 e. The normalized spacial score (nSPS) is 10.8. The van der Waals surface area contributed by atoms with Gasteiger partial charge in [-0.15, -0.1) is 12.4 Å². The van der Waals surface area contributed by atoms with Crippen molar-refractivity contribution in [1.29, 1.82) is 0 Å². The first-order valence-electron chi connectivity index (χ1n) is 13.0. The zero-order valence-electron chi connectivity index (χ0n) is 22.7. The number of hydrogen-bond donors (Lipinski definition) is 4. The molecule has 0 aliphatic heterocycles. The van der Waals surface area contributed by atoms with Crippen LogP contribution in [0, 0.1) is 0 Å². The van der Waals surface area contributed by atoms with Gasteiger partial charge in [0.2, 0.25) is 17.4 Å². The summed E-state index contributed by atoms with van der Waals surface area (Å²) in [5.41, 5.74) is 4.29. The van der Waals surface area contributed by atoms with Gasteiger partial charge in [-0.1, -0.05) is 18.6 Å². The van der Waals surface area contributed by atoms with E-state index in [1.807, 2.05) is 0 Å². The van der Waals surface area contributed by atoms with Gasteiger partial charge >= 0.3 is 11.9 Å². The number of carboxylic acid groups (broad SMARTS) is 2. The number of carbonyl (C=O) groups excluding carboxylic acids is 1. The molecule has 0 saturated heterocycles. The van der Waals surface area contributed by atoms with Crippen LogP contribution in [0.15, 0.2) is 67.0 Å². The fourth-order valence-corrected chi connectivity index (χ4v) is 4.23. The Hall–Kier alpha value is -4.88. The van der Waals surface area contributed by atoms with Crippen LogP contribution in [0.25, 0.3) is 21.9 Å². The lowest BCUT2D eigenvalue weighted by molar-refractivity contribution is -0.122. The van der Waals surface area contributed by atoms with Crippen molar-refractivity contribution >= 4 is 52.2 Å². The second-order valence-electron chi connectivity index (χ2n) is 9.30. The van der Waals surface area contributed by atoms with Crippen LogP contribution >= 0.6 is 12.4 Å². The predicted octanol–water partition coefficient (Wildman–Crippen LogP) is 3.18. The molecular formula is C29H29ClN2O11. The first kappa shape index (κ1) is 32.6. The van der Waals surface area contributed by atoms with Gasteiger partial charge in [0.15, 0.2) is 10.9 Å². The number of benzene rings is 2. The van der Waals surface area contributed by atoms with Crippen LogP contribution in [0.2, 0.25) is 0 Å². The number of nitrogens with two attached hydrogens (primary N) is 1. The van der Waals surface area contributed by atoms with E-state index < -0.39 is 40.4 Å². The molecule has 2 aromatic heterocycles. The second kappa shape index (κ2) is 14.8. The smallest absolute Gasteiger partial charge is 0.371 e. The average molecular weight is 617 g/mol. The molecule has 1 amide bonds. The van der Waals surface area contributed by atoms with E-state index in [1.165, 1.54) is 36.4 Å². The molecule has 0 aliphatic carbocycles. The summed E-state index contributed by atoms with van der Waals surface area (Å²) < 4.78 is 22.4. The summed E-state index contributed by atoms with van der Waals surface area (Å²) in [6.07, 6.45) is 2.39. The van der Waals surface area contributed by atoms with E-state index >= 15 is 0 Å². The molecule has 0 radical (unpaired) electrons. The van der Waals surface area contributed by atoms with E-state index in [0.717, 1.165) is 25.0 Å². The van der Waals surface area contributed by atoms with Crippen molar-refractivity contribution in [2.75, 3.05) is 19.8 Å². The number of unbranched alkanes of at least 4 members (excludes halogenated alkanes) is 2. The van der Waals surface area contributed by atoms with Gasteiger partial charge in [-0.2, -0.15) is 0 Å². The highest BCUT2D eigenvalue weighted by Crippen LogP contribution is 2.25. The Balaban J connectivity index is 0.00000506. The SMILES string of the molecule is Cl.NCCCCCC(=O)NC(COc1cccc2oc(C(=O)O)cc(=O)c12)COc1cccc2oc(C(=O)O)cc(=O)c12. The minimum absolute atomic E-state index is 0. The summed E-state index contributed by atoms with van der Waals surface area (Å²) >= 11 is 0. The molecule has 2 aromatic carbocycles. The fraction of sp³-hybridized carbons (Fsp3) is 0.276. The maximum atomic E-state index is 12.7. The van der Waals surface area contributed by atoms with Crippen LogP contribution in [0.3, 0.4) is 0 Å². The zero-order chi connectivity index (χ0) is 30.2. The minimum Gasteiger partial charge on any atom is -0.490 e. The van der Waals surface area contributed by atoms with Crippen LogP contribution in [-0.2, 0) is 4.79 Å². The van der Waals surface area contributed by atoms with Crippen LogP contribution in [0.5, 0.6) is 11.5 Å². The fourth-order valence-electron chi connectivity index (χ4n) is 4.23. The van der Waals surface area contributed by atoms with Gasteiger partial charge in [0.25, 0.3) is 0 Å². The molecule has 0 fully saturated rings.